The summed E-state index contributed by atoms with van der Waals surface area (Å²) in [6.07, 6.45) is 5.43. The van der Waals surface area contributed by atoms with E-state index in [0.717, 1.165) is 5.56 Å². The van der Waals surface area contributed by atoms with Crippen LogP contribution in [0, 0.1) is 6.92 Å². The van der Waals surface area contributed by atoms with Crippen molar-refractivity contribution in [3.63, 3.8) is 0 Å². The molecule has 0 aliphatic carbocycles. The van der Waals surface area contributed by atoms with Crippen LogP contribution < -0.4 is 0 Å². The summed E-state index contributed by atoms with van der Waals surface area (Å²) in [7, 11) is 1.82. The van der Waals surface area contributed by atoms with Crippen LogP contribution in [0.1, 0.15) is 21.9 Å². The number of carbonyl (C=O) groups is 1. The van der Waals surface area contributed by atoms with E-state index in [1.54, 1.807) is 30.1 Å². The largest absolute Gasteiger partial charge is 0.292 e. The fourth-order valence-electron chi connectivity index (χ4n) is 1.45. The second-order valence-corrected chi connectivity index (χ2v) is 3.61. The number of Topliss-reactive ketones (excluding diaryl/α,β-unsaturated/α-hetero) is 1. The van der Waals surface area contributed by atoms with Crippen LogP contribution in [0.15, 0.2) is 24.7 Å². The molecule has 0 saturated heterocycles. The Morgan fingerprint density at radius 1 is 1.50 bits per heavy atom. The van der Waals surface area contributed by atoms with E-state index in [4.69, 9.17) is 0 Å². The quantitative estimate of drug-likeness (QED) is 0.716. The number of nitrogens with zero attached hydrogens (tertiary/aromatic N) is 4. The van der Waals surface area contributed by atoms with Crippen molar-refractivity contribution in [1.82, 2.24) is 19.7 Å². The van der Waals surface area contributed by atoms with Crippen LogP contribution in [0.5, 0.6) is 0 Å². The van der Waals surface area contributed by atoms with Gasteiger partial charge in [-0.1, -0.05) is 0 Å². The first-order valence-electron chi connectivity index (χ1n) is 4.95. The minimum absolute atomic E-state index is 0.0153. The standard InChI is InChI=1S/C11H12N4O/c1-8-12-4-3-10(14-8)11(16)5-9-6-13-15(2)7-9/h3-4,6-7H,5H2,1-2H3. The van der Waals surface area contributed by atoms with E-state index in [0.29, 0.717) is 17.9 Å². The van der Waals surface area contributed by atoms with Crippen molar-refractivity contribution < 1.29 is 4.79 Å². The Morgan fingerprint density at radius 3 is 2.94 bits per heavy atom. The van der Waals surface area contributed by atoms with E-state index in [-0.39, 0.29) is 5.78 Å². The first-order chi connectivity index (χ1) is 7.65. The Kier molecular flexibility index (Phi) is 2.76. The lowest BCUT2D eigenvalue weighted by Crippen LogP contribution is -2.06. The molecule has 0 aliphatic rings. The van der Waals surface area contributed by atoms with Gasteiger partial charge < -0.3 is 0 Å². The summed E-state index contributed by atoms with van der Waals surface area (Å²) in [5.41, 5.74) is 1.35. The van der Waals surface area contributed by atoms with E-state index in [1.807, 2.05) is 13.2 Å². The van der Waals surface area contributed by atoms with Crippen LogP contribution in [0.2, 0.25) is 0 Å². The van der Waals surface area contributed by atoms with Crippen LogP contribution in [0.25, 0.3) is 0 Å². The molecule has 5 nitrogen and oxygen atoms in total. The summed E-state index contributed by atoms with van der Waals surface area (Å²) in [5.74, 6) is 0.593. The number of hydrogen-bond acceptors (Lipinski definition) is 4. The Balaban J connectivity index is 2.14. The van der Waals surface area contributed by atoms with E-state index >= 15 is 0 Å². The lowest BCUT2D eigenvalue weighted by Gasteiger charge is -1.98. The van der Waals surface area contributed by atoms with Crippen molar-refractivity contribution in [3.8, 4) is 0 Å². The highest BCUT2D eigenvalue weighted by molar-refractivity contribution is 5.95. The van der Waals surface area contributed by atoms with Crippen LogP contribution in [0.4, 0.5) is 0 Å². The van der Waals surface area contributed by atoms with Crippen molar-refractivity contribution in [2.24, 2.45) is 7.05 Å². The lowest BCUT2D eigenvalue weighted by atomic mass is 10.1. The van der Waals surface area contributed by atoms with Crippen LogP contribution in [0.3, 0.4) is 0 Å². The molecule has 0 bridgehead atoms. The van der Waals surface area contributed by atoms with Gasteiger partial charge in [0, 0.05) is 25.9 Å². The fourth-order valence-corrected chi connectivity index (χ4v) is 1.45. The van der Waals surface area contributed by atoms with Gasteiger partial charge in [0.2, 0.25) is 0 Å². The zero-order valence-corrected chi connectivity index (χ0v) is 9.21. The maximum Gasteiger partial charge on any atom is 0.185 e. The zero-order chi connectivity index (χ0) is 11.5. The average Bonchev–Trinajstić information content (AvgIpc) is 2.64. The molecule has 0 aliphatic heterocycles. The van der Waals surface area contributed by atoms with Crippen molar-refractivity contribution >= 4 is 5.78 Å². The van der Waals surface area contributed by atoms with E-state index in [2.05, 4.69) is 15.1 Å². The molecular weight excluding hydrogens is 204 g/mol. The Bertz CT molecular complexity index is 518. The molecule has 0 saturated carbocycles. The second kappa shape index (κ2) is 4.22. The van der Waals surface area contributed by atoms with Gasteiger partial charge in [0.1, 0.15) is 11.5 Å². The van der Waals surface area contributed by atoms with Gasteiger partial charge in [0.05, 0.1) is 6.20 Å². The van der Waals surface area contributed by atoms with Gasteiger partial charge >= 0.3 is 0 Å². The normalized spacial score (nSPS) is 10.4. The second-order valence-electron chi connectivity index (χ2n) is 3.61. The minimum Gasteiger partial charge on any atom is -0.292 e. The SMILES string of the molecule is Cc1nccc(C(=O)Cc2cnn(C)c2)n1. The summed E-state index contributed by atoms with van der Waals surface area (Å²) >= 11 is 0. The molecule has 0 atom stereocenters. The molecule has 0 radical (unpaired) electrons. The smallest absolute Gasteiger partial charge is 0.185 e. The predicted molar refractivity (Wildman–Crippen MR) is 58.0 cm³/mol. The summed E-state index contributed by atoms with van der Waals surface area (Å²) in [6.45, 7) is 1.76. The number of rotatable bonds is 3. The highest BCUT2D eigenvalue weighted by Crippen LogP contribution is 2.04. The molecule has 0 fully saturated rings. The van der Waals surface area contributed by atoms with Gasteiger partial charge in [0.25, 0.3) is 0 Å². The predicted octanol–water partition coefficient (Wildman–Crippen LogP) is 0.944. The zero-order valence-electron chi connectivity index (χ0n) is 9.21. The highest BCUT2D eigenvalue weighted by Gasteiger charge is 2.09. The van der Waals surface area contributed by atoms with Gasteiger partial charge in [-0.25, -0.2) is 9.97 Å². The Morgan fingerprint density at radius 2 is 2.31 bits per heavy atom. The van der Waals surface area contributed by atoms with Crippen molar-refractivity contribution in [3.05, 3.63) is 41.7 Å². The summed E-state index contributed by atoms with van der Waals surface area (Å²) in [5, 5.41) is 4.01. The first kappa shape index (κ1) is 10.5. The molecule has 16 heavy (non-hydrogen) atoms. The van der Waals surface area contributed by atoms with Crippen LogP contribution in [-0.2, 0) is 13.5 Å². The summed E-state index contributed by atoms with van der Waals surface area (Å²) in [6, 6.07) is 1.63. The minimum atomic E-state index is -0.0153. The molecule has 0 aromatic carbocycles. The van der Waals surface area contributed by atoms with Gasteiger partial charge in [-0.05, 0) is 18.6 Å². The number of hydrogen-bond donors (Lipinski definition) is 0. The third kappa shape index (κ3) is 2.31. The van der Waals surface area contributed by atoms with Gasteiger partial charge in [-0.15, -0.1) is 0 Å². The van der Waals surface area contributed by atoms with Crippen molar-refractivity contribution in [2.45, 2.75) is 13.3 Å². The average molecular weight is 216 g/mol. The maximum absolute atomic E-state index is 11.8. The highest BCUT2D eigenvalue weighted by atomic mass is 16.1. The Hall–Kier alpha value is -2.04. The third-order valence-corrected chi connectivity index (χ3v) is 2.18. The number of carbonyl (C=O) groups excluding carboxylic acids is 1. The van der Waals surface area contributed by atoms with Crippen LogP contribution in [-0.4, -0.2) is 25.5 Å². The first-order valence-corrected chi connectivity index (χ1v) is 4.95. The molecule has 2 aromatic heterocycles. The molecule has 2 aromatic rings. The van der Waals surface area contributed by atoms with Gasteiger partial charge in [-0.3, -0.25) is 9.48 Å². The Labute approximate surface area is 93.2 Å². The third-order valence-electron chi connectivity index (χ3n) is 2.18. The molecule has 2 rings (SSSR count). The summed E-state index contributed by atoms with van der Waals surface area (Å²) < 4.78 is 1.67. The topological polar surface area (TPSA) is 60.7 Å². The lowest BCUT2D eigenvalue weighted by molar-refractivity contribution is 0.0988. The number of ketones is 1. The molecule has 0 amide bonds. The van der Waals surface area contributed by atoms with Gasteiger partial charge in [-0.2, -0.15) is 5.10 Å². The number of aryl methyl sites for hydroxylation is 2. The van der Waals surface area contributed by atoms with Gasteiger partial charge in [0.15, 0.2) is 5.78 Å². The molecule has 2 heterocycles. The fraction of sp³-hybridized carbons (Fsp3) is 0.273. The molecule has 5 heteroatoms. The van der Waals surface area contributed by atoms with Crippen LogP contribution >= 0.6 is 0 Å². The molecule has 0 unspecified atom stereocenters. The van der Waals surface area contributed by atoms with Crippen molar-refractivity contribution in [1.29, 1.82) is 0 Å². The summed E-state index contributed by atoms with van der Waals surface area (Å²) in [4.78, 5) is 19.9. The molecule has 0 spiro atoms. The van der Waals surface area contributed by atoms with E-state index < -0.39 is 0 Å². The molecular formula is C11H12N4O. The van der Waals surface area contributed by atoms with E-state index in [1.165, 1.54) is 0 Å². The molecule has 82 valence electrons. The maximum atomic E-state index is 11.8. The molecule has 0 N–H and O–H groups in total. The monoisotopic (exact) mass is 216 g/mol. The van der Waals surface area contributed by atoms with E-state index in [9.17, 15) is 4.79 Å². The number of aromatic nitrogens is 4. The van der Waals surface area contributed by atoms with Crippen molar-refractivity contribution in [2.75, 3.05) is 0 Å².